The third-order valence-corrected chi connectivity index (χ3v) is 2.37. The lowest BCUT2D eigenvalue weighted by atomic mass is 10.1. The Morgan fingerprint density at radius 3 is 2.94 bits per heavy atom. The molecule has 0 aromatic rings. The first-order valence-electron chi connectivity index (χ1n) is 5.29. The van der Waals surface area contributed by atoms with E-state index in [4.69, 9.17) is 14.7 Å². The van der Waals surface area contributed by atoms with Crippen molar-refractivity contribution in [1.29, 1.82) is 0 Å². The number of carbonyl (C=O) groups is 1. The van der Waals surface area contributed by atoms with Crippen LogP contribution in [-0.4, -0.2) is 48.3 Å². The molecule has 1 rings (SSSR count). The number of hydrogen-bond acceptors (Lipinski definition) is 5. The van der Waals surface area contributed by atoms with Crippen LogP contribution in [-0.2, 0) is 9.57 Å². The summed E-state index contributed by atoms with van der Waals surface area (Å²) >= 11 is 0. The molecule has 1 aliphatic heterocycles. The topological polar surface area (TPSA) is 71.4 Å². The molecule has 1 fully saturated rings. The maximum atomic E-state index is 11.6. The van der Waals surface area contributed by atoms with E-state index in [1.807, 2.05) is 13.8 Å². The van der Waals surface area contributed by atoms with Crippen LogP contribution in [0.5, 0.6) is 0 Å². The summed E-state index contributed by atoms with van der Waals surface area (Å²) in [5, 5.41) is 12.8. The van der Waals surface area contributed by atoms with Gasteiger partial charge in [0.25, 0.3) is 0 Å². The van der Waals surface area contributed by atoms with E-state index in [0.717, 1.165) is 0 Å². The second kappa shape index (κ2) is 5.69. The summed E-state index contributed by atoms with van der Waals surface area (Å²) in [4.78, 5) is 17.8. The van der Waals surface area contributed by atoms with Crippen molar-refractivity contribution in [2.45, 2.75) is 26.3 Å². The van der Waals surface area contributed by atoms with Crippen LogP contribution in [0.2, 0.25) is 0 Å². The van der Waals surface area contributed by atoms with Gasteiger partial charge in [0.2, 0.25) is 0 Å². The Labute approximate surface area is 94.8 Å². The minimum atomic E-state index is -0.428. The summed E-state index contributed by atoms with van der Waals surface area (Å²) in [5.41, 5.74) is 0. The Balaban J connectivity index is 2.87. The maximum absolute atomic E-state index is 11.6. The van der Waals surface area contributed by atoms with Gasteiger partial charge in [-0.3, -0.25) is 4.90 Å². The van der Waals surface area contributed by atoms with Crippen molar-refractivity contribution in [1.82, 2.24) is 4.90 Å². The summed E-state index contributed by atoms with van der Waals surface area (Å²) in [6.45, 7) is 4.13. The number of cyclic esters (lactones) is 1. The van der Waals surface area contributed by atoms with Crippen molar-refractivity contribution in [3.05, 3.63) is 0 Å². The number of aliphatic hydroxyl groups is 1. The molecule has 0 radical (unpaired) electrons. The van der Waals surface area contributed by atoms with Crippen molar-refractivity contribution in [3.8, 4) is 0 Å². The molecule has 0 bridgehead atoms. The fourth-order valence-corrected chi connectivity index (χ4v) is 1.62. The highest BCUT2D eigenvalue weighted by molar-refractivity contribution is 5.97. The molecule has 1 aliphatic rings. The predicted molar refractivity (Wildman–Crippen MR) is 58.0 cm³/mol. The molecule has 1 saturated heterocycles. The molecular formula is C10H18N2O4. The molecular weight excluding hydrogens is 212 g/mol. The highest BCUT2D eigenvalue weighted by Crippen LogP contribution is 2.19. The van der Waals surface area contributed by atoms with E-state index in [2.05, 4.69) is 5.16 Å². The van der Waals surface area contributed by atoms with Gasteiger partial charge < -0.3 is 14.7 Å². The second-order valence-corrected chi connectivity index (χ2v) is 3.90. The quantitative estimate of drug-likeness (QED) is 0.440. The molecule has 16 heavy (non-hydrogen) atoms. The molecule has 1 unspecified atom stereocenters. The molecule has 1 heterocycles. The second-order valence-electron chi connectivity index (χ2n) is 3.90. The monoisotopic (exact) mass is 230 g/mol. The summed E-state index contributed by atoms with van der Waals surface area (Å²) in [6.07, 6.45) is 0.0456. The summed E-state index contributed by atoms with van der Waals surface area (Å²) in [7, 11) is 1.44. The number of carbonyl (C=O) groups excluding carboxylic acids is 1. The van der Waals surface area contributed by atoms with E-state index >= 15 is 0 Å². The van der Waals surface area contributed by atoms with E-state index in [0.29, 0.717) is 12.3 Å². The van der Waals surface area contributed by atoms with Gasteiger partial charge in [0.1, 0.15) is 13.7 Å². The Bertz CT molecular complexity index is 278. The van der Waals surface area contributed by atoms with Crippen molar-refractivity contribution in [3.63, 3.8) is 0 Å². The first-order chi connectivity index (χ1) is 7.61. The average molecular weight is 230 g/mol. The zero-order valence-corrected chi connectivity index (χ0v) is 9.84. The average Bonchev–Trinajstić information content (AvgIpc) is 2.57. The molecule has 0 aliphatic carbocycles. The van der Waals surface area contributed by atoms with Crippen LogP contribution in [0.4, 0.5) is 4.79 Å². The van der Waals surface area contributed by atoms with Gasteiger partial charge in [-0.1, -0.05) is 19.0 Å². The number of ether oxygens (including phenoxy) is 1. The Morgan fingerprint density at radius 2 is 2.44 bits per heavy atom. The highest BCUT2D eigenvalue weighted by atomic mass is 16.6. The Morgan fingerprint density at radius 1 is 1.75 bits per heavy atom. The standard InChI is InChI=1S/C10H18N2O4/c1-7(2)9(11-15-3)12-8(4-5-13)6-16-10(12)14/h7-8,13H,4-6H2,1-3H3. The zero-order valence-electron chi connectivity index (χ0n) is 9.84. The number of rotatable bonds is 4. The number of amides is 1. The van der Waals surface area contributed by atoms with Gasteiger partial charge in [-0.05, 0) is 6.42 Å². The van der Waals surface area contributed by atoms with Crippen LogP contribution in [0, 0.1) is 5.92 Å². The Hall–Kier alpha value is -1.30. The van der Waals surface area contributed by atoms with Gasteiger partial charge in [0.05, 0.1) is 6.04 Å². The lowest BCUT2D eigenvalue weighted by Gasteiger charge is -2.23. The third-order valence-electron chi connectivity index (χ3n) is 2.37. The number of aliphatic hydroxyl groups excluding tert-OH is 1. The summed E-state index contributed by atoms with van der Waals surface area (Å²) < 4.78 is 4.95. The zero-order chi connectivity index (χ0) is 12.1. The number of nitrogens with zero attached hydrogens (tertiary/aromatic N) is 2. The summed E-state index contributed by atoms with van der Waals surface area (Å²) in [6, 6.07) is -0.159. The number of amidine groups is 1. The molecule has 1 atom stereocenters. The molecule has 0 saturated carbocycles. The van der Waals surface area contributed by atoms with Crippen LogP contribution in [0.15, 0.2) is 5.16 Å². The van der Waals surface area contributed by atoms with Crippen LogP contribution >= 0.6 is 0 Å². The van der Waals surface area contributed by atoms with Gasteiger partial charge in [-0.25, -0.2) is 4.79 Å². The predicted octanol–water partition coefficient (Wildman–Crippen LogP) is 0.806. The van der Waals surface area contributed by atoms with Gasteiger partial charge in [-0.15, -0.1) is 0 Å². The van der Waals surface area contributed by atoms with E-state index in [1.54, 1.807) is 0 Å². The van der Waals surface area contributed by atoms with Crippen LogP contribution in [0.1, 0.15) is 20.3 Å². The molecule has 6 nitrogen and oxygen atoms in total. The van der Waals surface area contributed by atoms with Crippen LogP contribution in [0.3, 0.4) is 0 Å². The molecule has 0 spiro atoms. The van der Waals surface area contributed by atoms with Gasteiger partial charge in [0, 0.05) is 12.5 Å². The maximum Gasteiger partial charge on any atom is 0.415 e. The molecule has 1 amide bonds. The van der Waals surface area contributed by atoms with Gasteiger partial charge in [0.15, 0.2) is 5.84 Å². The van der Waals surface area contributed by atoms with Crippen molar-refractivity contribution >= 4 is 11.9 Å². The summed E-state index contributed by atoms with van der Waals surface area (Å²) in [5.74, 6) is 0.579. The van der Waals surface area contributed by atoms with Gasteiger partial charge >= 0.3 is 6.09 Å². The molecule has 92 valence electrons. The van der Waals surface area contributed by atoms with E-state index < -0.39 is 6.09 Å². The largest absolute Gasteiger partial charge is 0.447 e. The lowest BCUT2D eigenvalue weighted by Crippen LogP contribution is -2.42. The van der Waals surface area contributed by atoms with E-state index in [-0.39, 0.29) is 25.2 Å². The van der Waals surface area contributed by atoms with E-state index in [1.165, 1.54) is 12.0 Å². The smallest absolute Gasteiger partial charge is 0.415 e. The fourth-order valence-electron chi connectivity index (χ4n) is 1.62. The molecule has 6 heteroatoms. The van der Waals surface area contributed by atoms with Gasteiger partial charge in [-0.2, -0.15) is 0 Å². The van der Waals surface area contributed by atoms with Crippen molar-refractivity contribution < 1.29 is 19.5 Å². The minimum Gasteiger partial charge on any atom is -0.447 e. The highest BCUT2D eigenvalue weighted by Gasteiger charge is 2.37. The van der Waals surface area contributed by atoms with Crippen LogP contribution < -0.4 is 0 Å². The normalized spacial score (nSPS) is 21.6. The number of oxime groups is 1. The fraction of sp³-hybridized carbons (Fsp3) is 0.800. The Kier molecular flexibility index (Phi) is 4.54. The molecule has 0 aromatic heterocycles. The first-order valence-corrected chi connectivity index (χ1v) is 5.29. The first kappa shape index (κ1) is 12.8. The third kappa shape index (κ3) is 2.63. The number of hydrogen-bond donors (Lipinski definition) is 1. The van der Waals surface area contributed by atoms with Crippen molar-refractivity contribution in [2.75, 3.05) is 20.3 Å². The molecule has 0 aromatic carbocycles. The minimum absolute atomic E-state index is 0.0101. The van der Waals surface area contributed by atoms with Crippen LogP contribution in [0.25, 0.3) is 0 Å². The van der Waals surface area contributed by atoms with Crippen molar-refractivity contribution in [2.24, 2.45) is 11.1 Å². The molecule has 1 N–H and O–H groups in total. The van der Waals surface area contributed by atoms with E-state index in [9.17, 15) is 4.79 Å². The lowest BCUT2D eigenvalue weighted by molar-refractivity contribution is 0.165. The SMILES string of the molecule is CON=C(C(C)C)N1C(=O)OCC1CCO.